The summed E-state index contributed by atoms with van der Waals surface area (Å²) < 4.78 is 5.63. The number of amides is 1. The van der Waals surface area contributed by atoms with E-state index in [9.17, 15) is 4.79 Å². The first-order valence-electron chi connectivity index (χ1n) is 7.94. The smallest absolute Gasteiger partial charge is 0.239 e. The van der Waals surface area contributed by atoms with E-state index in [4.69, 9.17) is 4.74 Å². The Morgan fingerprint density at radius 3 is 2.61 bits per heavy atom. The maximum Gasteiger partial charge on any atom is 0.239 e. The van der Waals surface area contributed by atoms with E-state index in [2.05, 4.69) is 22.8 Å². The molecular weight excluding hydrogens is 288 g/mol. The number of hydrogen-bond donors (Lipinski definition) is 2. The van der Waals surface area contributed by atoms with Crippen molar-refractivity contribution in [3.8, 4) is 5.75 Å². The molecule has 4 heteroatoms. The summed E-state index contributed by atoms with van der Waals surface area (Å²) in [6, 6.07) is 17.8. The van der Waals surface area contributed by atoms with Crippen LogP contribution < -0.4 is 15.4 Å². The summed E-state index contributed by atoms with van der Waals surface area (Å²) in [6.45, 7) is 4.86. The number of rotatable bonds is 8. The molecule has 0 aliphatic carbocycles. The van der Waals surface area contributed by atoms with Crippen LogP contribution in [-0.2, 0) is 11.2 Å². The molecule has 2 aromatic rings. The number of hydrogen-bond acceptors (Lipinski definition) is 3. The first-order valence-corrected chi connectivity index (χ1v) is 7.94. The van der Waals surface area contributed by atoms with Crippen molar-refractivity contribution in [2.75, 3.05) is 18.4 Å². The minimum Gasteiger partial charge on any atom is -0.491 e. The van der Waals surface area contributed by atoms with Crippen molar-refractivity contribution in [3.63, 3.8) is 0 Å². The van der Waals surface area contributed by atoms with Crippen LogP contribution in [0, 0.1) is 0 Å². The predicted octanol–water partition coefficient (Wildman–Crippen LogP) is 3.24. The van der Waals surface area contributed by atoms with Crippen LogP contribution in [0.3, 0.4) is 0 Å². The molecule has 0 heterocycles. The minimum absolute atomic E-state index is 0.0175. The summed E-state index contributed by atoms with van der Waals surface area (Å²) in [5, 5.41) is 6.03. The Morgan fingerprint density at radius 1 is 1.09 bits per heavy atom. The van der Waals surface area contributed by atoms with Gasteiger partial charge in [0.25, 0.3) is 0 Å². The molecular formula is C19H24N2O2. The lowest BCUT2D eigenvalue weighted by Crippen LogP contribution is -2.31. The van der Waals surface area contributed by atoms with Gasteiger partial charge in [-0.15, -0.1) is 0 Å². The lowest BCUT2D eigenvalue weighted by Gasteiger charge is -2.12. The molecule has 0 aliphatic rings. The maximum atomic E-state index is 11.9. The van der Waals surface area contributed by atoms with Crippen molar-refractivity contribution < 1.29 is 9.53 Å². The molecule has 0 saturated carbocycles. The van der Waals surface area contributed by atoms with Crippen LogP contribution in [0.4, 0.5) is 5.69 Å². The van der Waals surface area contributed by atoms with Gasteiger partial charge in [0.15, 0.2) is 0 Å². The molecule has 4 nitrogen and oxygen atoms in total. The van der Waals surface area contributed by atoms with Crippen molar-refractivity contribution in [1.29, 1.82) is 0 Å². The van der Waals surface area contributed by atoms with Gasteiger partial charge in [-0.05, 0) is 38.0 Å². The summed E-state index contributed by atoms with van der Waals surface area (Å²) >= 11 is 0. The third-order valence-electron chi connectivity index (χ3n) is 3.24. The molecule has 0 bridgehead atoms. The van der Waals surface area contributed by atoms with Gasteiger partial charge in [0.05, 0.1) is 12.6 Å². The third kappa shape index (κ3) is 6.43. The van der Waals surface area contributed by atoms with Gasteiger partial charge in [0.1, 0.15) is 5.75 Å². The van der Waals surface area contributed by atoms with Crippen LogP contribution in [0.15, 0.2) is 54.6 Å². The SMILES string of the molecule is CC(C)Oc1cccc(NCC(=O)NCCc2ccccc2)c1. The average Bonchev–Trinajstić information content (AvgIpc) is 2.54. The first kappa shape index (κ1) is 16.9. The molecule has 0 unspecified atom stereocenters. The summed E-state index contributed by atoms with van der Waals surface area (Å²) in [5.41, 5.74) is 2.10. The molecule has 0 saturated heterocycles. The second-order valence-electron chi connectivity index (χ2n) is 5.63. The Bertz CT molecular complexity index is 612. The van der Waals surface area contributed by atoms with Crippen molar-refractivity contribution >= 4 is 11.6 Å². The van der Waals surface area contributed by atoms with Crippen molar-refractivity contribution in [1.82, 2.24) is 5.32 Å². The minimum atomic E-state index is -0.0175. The zero-order valence-corrected chi connectivity index (χ0v) is 13.7. The normalized spacial score (nSPS) is 10.4. The predicted molar refractivity (Wildman–Crippen MR) is 93.9 cm³/mol. The maximum absolute atomic E-state index is 11.9. The summed E-state index contributed by atoms with van der Waals surface area (Å²) in [5.74, 6) is 0.783. The largest absolute Gasteiger partial charge is 0.491 e. The van der Waals surface area contributed by atoms with Crippen LogP contribution >= 0.6 is 0 Å². The third-order valence-corrected chi connectivity index (χ3v) is 3.24. The number of benzene rings is 2. The molecule has 0 aliphatic heterocycles. The standard InChI is InChI=1S/C19H24N2O2/c1-15(2)23-18-10-6-9-17(13-18)21-14-19(22)20-12-11-16-7-4-3-5-8-16/h3-10,13,15,21H,11-12,14H2,1-2H3,(H,20,22). The monoisotopic (exact) mass is 312 g/mol. The van der Waals surface area contributed by atoms with Crippen molar-refractivity contribution in [3.05, 3.63) is 60.2 Å². The van der Waals surface area contributed by atoms with Crippen LogP contribution in [-0.4, -0.2) is 25.1 Å². The second kappa shape index (κ2) is 8.83. The fourth-order valence-corrected chi connectivity index (χ4v) is 2.19. The van der Waals surface area contributed by atoms with E-state index >= 15 is 0 Å². The van der Waals surface area contributed by atoms with Crippen molar-refractivity contribution in [2.45, 2.75) is 26.4 Å². The van der Waals surface area contributed by atoms with E-state index < -0.39 is 0 Å². The topological polar surface area (TPSA) is 50.4 Å². The van der Waals surface area contributed by atoms with Crippen molar-refractivity contribution in [2.24, 2.45) is 0 Å². The van der Waals surface area contributed by atoms with Gasteiger partial charge in [0, 0.05) is 18.3 Å². The highest BCUT2D eigenvalue weighted by atomic mass is 16.5. The molecule has 0 spiro atoms. The van der Waals surface area contributed by atoms with Gasteiger partial charge in [-0.25, -0.2) is 0 Å². The average molecular weight is 312 g/mol. The highest BCUT2D eigenvalue weighted by Crippen LogP contribution is 2.18. The van der Waals surface area contributed by atoms with Gasteiger partial charge < -0.3 is 15.4 Å². The number of nitrogens with one attached hydrogen (secondary N) is 2. The Kier molecular flexibility index (Phi) is 6.48. The second-order valence-corrected chi connectivity index (χ2v) is 5.63. The van der Waals surface area contributed by atoms with E-state index in [0.29, 0.717) is 6.54 Å². The van der Waals surface area contributed by atoms with E-state index in [1.54, 1.807) is 0 Å². The highest BCUT2D eigenvalue weighted by Gasteiger charge is 2.03. The van der Waals surface area contributed by atoms with Crippen LogP contribution in [0.25, 0.3) is 0 Å². The van der Waals surface area contributed by atoms with Gasteiger partial charge in [-0.2, -0.15) is 0 Å². The highest BCUT2D eigenvalue weighted by molar-refractivity contribution is 5.80. The van der Waals surface area contributed by atoms with Crippen LogP contribution in [0.2, 0.25) is 0 Å². The van der Waals surface area contributed by atoms with Crippen LogP contribution in [0.1, 0.15) is 19.4 Å². The number of carbonyl (C=O) groups is 1. The molecule has 122 valence electrons. The van der Waals surface area contributed by atoms with Crippen LogP contribution in [0.5, 0.6) is 5.75 Å². The van der Waals surface area contributed by atoms with E-state index in [-0.39, 0.29) is 18.6 Å². The number of ether oxygens (including phenoxy) is 1. The Balaban J connectivity index is 1.71. The summed E-state index contributed by atoms with van der Waals surface area (Å²) in [7, 11) is 0. The molecule has 0 atom stereocenters. The Hall–Kier alpha value is -2.49. The molecule has 0 fully saturated rings. The first-order chi connectivity index (χ1) is 11.1. The zero-order valence-electron chi connectivity index (χ0n) is 13.7. The van der Waals surface area contributed by atoms with E-state index in [0.717, 1.165) is 17.9 Å². The van der Waals surface area contributed by atoms with E-state index in [1.807, 2.05) is 56.3 Å². The van der Waals surface area contributed by atoms with Gasteiger partial charge in [-0.3, -0.25) is 4.79 Å². The summed E-state index contributed by atoms with van der Waals surface area (Å²) in [6.07, 6.45) is 0.969. The van der Waals surface area contributed by atoms with Gasteiger partial charge >= 0.3 is 0 Å². The lowest BCUT2D eigenvalue weighted by molar-refractivity contribution is -0.119. The Labute approximate surface area is 137 Å². The molecule has 2 aromatic carbocycles. The van der Waals surface area contributed by atoms with Gasteiger partial charge in [-0.1, -0.05) is 36.4 Å². The summed E-state index contributed by atoms with van der Waals surface area (Å²) in [4.78, 5) is 11.9. The molecule has 23 heavy (non-hydrogen) atoms. The zero-order chi connectivity index (χ0) is 16.5. The van der Waals surface area contributed by atoms with Gasteiger partial charge in [0.2, 0.25) is 5.91 Å². The quantitative estimate of drug-likeness (QED) is 0.787. The molecule has 2 rings (SSSR count). The molecule has 1 amide bonds. The Morgan fingerprint density at radius 2 is 1.87 bits per heavy atom. The molecule has 2 N–H and O–H groups in total. The van der Waals surface area contributed by atoms with E-state index in [1.165, 1.54) is 5.56 Å². The molecule has 0 aromatic heterocycles. The lowest BCUT2D eigenvalue weighted by atomic mass is 10.1. The fraction of sp³-hybridized carbons (Fsp3) is 0.316. The number of anilines is 1. The number of carbonyl (C=O) groups excluding carboxylic acids is 1. The molecule has 0 radical (unpaired) electrons. The fourth-order valence-electron chi connectivity index (χ4n) is 2.19.